The van der Waals surface area contributed by atoms with Crippen LogP contribution in [0.4, 0.5) is 5.82 Å². The maximum absolute atomic E-state index is 11.9. The van der Waals surface area contributed by atoms with Crippen LogP contribution in [-0.4, -0.2) is 53.9 Å². The van der Waals surface area contributed by atoms with Crippen molar-refractivity contribution in [3.05, 3.63) is 11.3 Å². The zero-order valence-electron chi connectivity index (χ0n) is 12.4. The molecule has 1 aliphatic rings. The van der Waals surface area contributed by atoms with Gasteiger partial charge in [-0.25, -0.2) is 4.79 Å². The van der Waals surface area contributed by atoms with Crippen LogP contribution < -0.4 is 5.32 Å². The van der Waals surface area contributed by atoms with E-state index in [1.807, 2.05) is 6.92 Å². The van der Waals surface area contributed by atoms with Crippen LogP contribution in [0.5, 0.6) is 0 Å². The number of likely N-dealkylation sites (tertiary alicyclic amines) is 1. The fraction of sp³-hybridized carbons (Fsp3) is 0.714. The summed E-state index contributed by atoms with van der Waals surface area (Å²) in [6.07, 6.45) is 3.92. The quantitative estimate of drug-likeness (QED) is 0.777. The Morgan fingerprint density at radius 3 is 2.85 bits per heavy atom. The topological polar surface area (TPSA) is 70.2 Å². The molecule has 6 nitrogen and oxygen atoms in total. The zero-order valence-corrected chi connectivity index (χ0v) is 12.4. The molecule has 0 radical (unpaired) electrons. The molecule has 20 heavy (non-hydrogen) atoms. The van der Waals surface area contributed by atoms with Crippen molar-refractivity contribution in [2.45, 2.75) is 33.1 Å². The van der Waals surface area contributed by atoms with E-state index in [4.69, 9.17) is 4.74 Å². The molecule has 1 aliphatic heterocycles. The number of aryl methyl sites for hydroxylation is 1. The molecule has 1 fully saturated rings. The maximum Gasteiger partial charge on any atom is 0.343 e. The number of nitrogens with one attached hydrogen (secondary N) is 2. The number of ether oxygens (including phenoxy) is 1. The van der Waals surface area contributed by atoms with Gasteiger partial charge >= 0.3 is 5.97 Å². The van der Waals surface area contributed by atoms with Crippen LogP contribution in [0.1, 0.15) is 42.2 Å². The van der Waals surface area contributed by atoms with E-state index in [1.165, 1.54) is 32.4 Å². The van der Waals surface area contributed by atoms with Crippen LogP contribution in [0.2, 0.25) is 0 Å². The first-order valence-corrected chi connectivity index (χ1v) is 7.40. The highest BCUT2D eigenvalue weighted by Gasteiger charge is 2.19. The van der Waals surface area contributed by atoms with Crippen molar-refractivity contribution in [3.63, 3.8) is 0 Å². The fourth-order valence-electron chi connectivity index (χ4n) is 2.53. The van der Waals surface area contributed by atoms with Gasteiger partial charge < -0.3 is 15.0 Å². The van der Waals surface area contributed by atoms with Crippen LogP contribution in [-0.2, 0) is 4.74 Å². The molecule has 0 spiro atoms. The summed E-state index contributed by atoms with van der Waals surface area (Å²) in [7, 11) is 0. The Labute approximate surface area is 119 Å². The molecule has 0 unspecified atom stereocenters. The van der Waals surface area contributed by atoms with E-state index in [0.717, 1.165) is 18.8 Å². The van der Waals surface area contributed by atoms with E-state index in [1.54, 1.807) is 6.92 Å². The number of aromatic nitrogens is 2. The molecule has 1 aromatic rings. The molecule has 0 bridgehead atoms. The molecule has 0 aromatic carbocycles. The third-order valence-corrected chi connectivity index (χ3v) is 3.60. The summed E-state index contributed by atoms with van der Waals surface area (Å²) in [4.78, 5) is 14.3. The summed E-state index contributed by atoms with van der Waals surface area (Å²) in [5.41, 5.74) is 1.26. The molecule has 112 valence electrons. The van der Waals surface area contributed by atoms with E-state index < -0.39 is 0 Å². The van der Waals surface area contributed by atoms with Gasteiger partial charge in [0.15, 0.2) is 5.82 Å². The third-order valence-electron chi connectivity index (χ3n) is 3.60. The second kappa shape index (κ2) is 7.28. The Morgan fingerprint density at radius 1 is 1.40 bits per heavy atom. The molecule has 2 heterocycles. The van der Waals surface area contributed by atoms with E-state index in [2.05, 4.69) is 20.4 Å². The van der Waals surface area contributed by atoms with Crippen molar-refractivity contribution in [3.8, 4) is 0 Å². The SMILES string of the molecule is CCOC(=O)c1c(NCCN2CCCCC2)n[nH]c1C. The van der Waals surface area contributed by atoms with Crippen LogP contribution >= 0.6 is 0 Å². The van der Waals surface area contributed by atoms with E-state index in [0.29, 0.717) is 18.0 Å². The minimum Gasteiger partial charge on any atom is -0.462 e. The van der Waals surface area contributed by atoms with E-state index in [9.17, 15) is 4.79 Å². The zero-order chi connectivity index (χ0) is 14.4. The minimum absolute atomic E-state index is 0.320. The smallest absolute Gasteiger partial charge is 0.343 e. The number of piperidine rings is 1. The second-order valence-electron chi connectivity index (χ2n) is 5.12. The fourth-order valence-corrected chi connectivity index (χ4v) is 2.53. The highest BCUT2D eigenvalue weighted by molar-refractivity contribution is 5.95. The van der Waals surface area contributed by atoms with Crippen molar-refractivity contribution >= 4 is 11.8 Å². The lowest BCUT2D eigenvalue weighted by Crippen LogP contribution is -2.33. The first kappa shape index (κ1) is 14.8. The highest BCUT2D eigenvalue weighted by Crippen LogP contribution is 2.17. The molecular formula is C14H24N4O2. The second-order valence-corrected chi connectivity index (χ2v) is 5.12. The van der Waals surface area contributed by atoms with Gasteiger partial charge in [0.05, 0.1) is 6.61 Å². The first-order valence-electron chi connectivity index (χ1n) is 7.40. The monoisotopic (exact) mass is 280 g/mol. The number of nitrogens with zero attached hydrogens (tertiary/aromatic N) is 2. The number of anilines is 1. The molecule has 2 N–H and O–H groups in total. The summed E-state index contributed by atoms with van der Waals surface area (Å²) < 4.78 is 5.05. The number of rotatable bonds is 6. The van der Waals surface area contributed by atoms with Gasteiger partial charge in [0.25, 0.3) is 0 Å². The lowest BCUT2D eigenvalue weighted by Gasteiger charge is -2.26. The summed E-state index contributed by atoms with van der Waals surface area (Å²) in [5, 5.41) is 10.2. The van der Waals surface area contributed by atoms with Gasteiger partial charge in [-0.2, -0.15) is 5.10 Å². The van der Waals surface area contributed by atoms with Crippen LogP contribution in [0.3, 0.4) is 0 Å². The Balaban J connectivity index is 1.87. The molecule has 0 atom stereocenters. The number of aromatic amines is 1. The molecular weight excluding hydrogens is 256 g/mol. The highest BCUT2D eigenvalue weighted by atomic mass is 16.5. The lowest BCUT2D eigenvalue weighted by atomic mass is 10.1. The van der Waals surface area contributed by atoms with Crippen LogP contribution in [0.15, 0.2) is 0 Å². The summed E-state index contributed by atoms with van der Waals surface area (Å²) in [6, 6.07) is 0. The number of hydrogen-bond acceptors (Lipinski definition) is 5. The number of H-pyrrole nitrogens is 1. The molecule has 2 rings (SSSR count). The van der Waals surface area contributed by atoms with Crippen molar-refractivity contribution in [2.24, 2.45) is 0 Å². The van der Waals surface area contributed by atoms with Crippen molar-refractivity contribution in [2.75, 3.05) is 38.1 Å². The third kappa shape index (κ3) is 3.72. The summed E-state index contributed by atoms with van der Waals surface area (Å²) >= 11 is 0. The van der Waals surface area contributed by atoms with Gasteiger partial charge in [0, 0.05) is 18.8 Å². The maximum atomic E-state index is 11.9. The van der Waals surface area contributed by atoms with Gasteiger partial charge in [-0.1, -0.05) is 6.42 Å². The van der Waals surface area contributed by atoms with Gasteiger partial charge in [0.2, 0.25) is 0 Å². The summed E-state index contributed by atoms with van der Waals surface area (Å²) in [5.74, 6) is 0.275. The lowest BCUT2D eigenvalue weighted by molar-refractivity contribution is 0.0526. The van der Waals surface area contributed by atoms with Crippen LogP contribution in [0.25, 0.3) is 0 Å². The number of hydrogen-bond donors (Lipinski definition) is 2. The average molecular weight is 280 g/mol. The first-order chi connectivity index (χ1) is 9.72. The Morgan fingerprint density at radius 2 is 2.15 bits per heavy atom. The molecule has 6 heteroatoms. The van der Waals surface area contributed by atoms with Gasteiger partial charge in [-0.3, -0.25) is 5.10 Å². The predicted molar refractivity (Wildman–Crippen MR) is 78.1 cm³/mol. The van der Waals surface area contributed by atoms with Gasteiger partial charge in [-0.05, 0) is 39.8 Å². The number of carbonyl (C=O) groups is 1. The van der Waals surface area contributed by atoms with Gasteiger partial charge in [0.1, 0.15) is 5.56 Å². The minimum atomic E-state index is -0.320. The molecule has 0 aliphatic carbocycles. The van der Waals surface area contributed by atoms with E-state index in [-0.39, 0.29) is 5.97 Å². The Kier molecular flexibility index (Phi) is 5.40. The number of carbonyl (C=O) groups excluding carboxylic acids is 1. The predicted octanol–water partition coefficient (Wildman–Crippen LogP) is 1.79. The number of esters is 1. The van der Waals surface area contributed by atoms with Crippen molar-refractivity contribution < 1.29 is 9.53 Å². The van der Waals surface area contributed by atoms with Crippen molar-refractivity contribution in [1.29, 1.82) is 0 Å². The Bertz CT molecular complexity index is 438. The standard InChI is InChI=1S/C14H24N4O2/c1-3-20-14(19)12-11(2)16-17-13(12)15-7-10-18-8-5-4-6-9-18/h3-10H2,1-2H3,(H2,15,16,17). The van der Waals surface area contributed by atoms with Crippen molar-refractivity contribution in [1.82, 2.24) is 15.1 Å². The molecule has 1 aromatic heterocycles. The molecule has 1 saturated heterocycles. The van der Waals surface area contributed by atoms with Crippen LogP contribution in [0, 0.1) is 6.92 Å². The van der Waals surface area contributed by atoms with E-state index >= 15 is 0 Å². The molecule has 0 saturated carbocycles. The molecule has 0 amide bonds. The van der Waals surface area contributed by atoms with Gasteiger partial charge in [-0.15, -0.1) is 0 Å². The average Bonchev–Trinajstić information content (AvgIpc) is 2.81. The summed E-state index contributed by atoms with van der Waals surface area (Å²) in [6.45, 7) is 8.12. The Hall–Kier alpha value is -1.56. The normalized spacial score (nSPS) is 16.1. The largest absolute Gasteiger partial charge is 0.462 e.